The molecule has 20 heavy (non-hydrogen) atoms. The summed E-state index contributed by atoms with van der Waals surface area (Å²) in [6, 6.07) is -0.804. The van der Waals surface area contributed by atoms with Crippen LogP contribution in [0, 0.1) is 12.3 Å². The maximum atomic E-state index is 12.8. The van der Waals surface area contributed by atoms with E-state index in [1.165, 1.54) is 0 Å². The Hall–Kier alpha value is -2.01. The van der Waals surface area contributed by atoms with Crippen molar-refractivity contribution in [1.29, 1.82) is 0 Å². The van der Waals surface area contributed by atoms with Gasteiger partial charge in [0.05, 0.1) is 24.6 Å². The van der Waals surface area contributed by atoms with Gasteiger partial charge in [-0.05, 0) is 13.8 Å². The number of nitrogens with one attached hydrogen (secondary N) is 2. The van der Waals surface area contributed by atoms with E-state index in [0.717, 1.165) is 6.20 Å². The molecule has 0 aromatic carbocycles. The van der Waals surface area contributed by atoms with Crippen molar-refractivity contribution in [2.75, 3.05) is 11.9 Å². The lowest BCUT2D eigenvalue weighted by Gasteiger charge is -2.18. The Morgan fingerprint density at radius 3 is 2.70 bits per heavy atom. The Morgan fingerprint density at radius 1 is 1.55 bits per heavy atom. The van der Waals surface area contributed by atoms with Gasteiger partial charge in [0.1, 0.15) is 11.6 Å². The van der Waals surface area contributed by atoms with E-state index < -0.39 is 29.0 Å². The zero-order valence-corrected chi connectivity index (χ0v) is 10.9. The minimum absolute atomic E-state index is 0.0122. The molecule has 0 unspecified atom stereocenters. The van der Waals surface area contributed by atoms with Crippen LogP contribution in [0.2, 0.25) is 0 Å². The molecule has 0 saturated heterocycles. The van der Waals surface area contributed by atoms with Gasteiger partial charge < -0.3 is 10.1 Å². The van der Waals surface area contributed by atoms with Crippen LogP contribution in [-0.2, 0) is 10.9 Å². The molecule has 0 aliphatic heterocycles. The van der Waals surface area contributed by atoms with Crippen molar-refractivity contribution in [3.63, 3.8) is 0 Å². The summed E-state index contributed by atoms with van der Waals surface area (Å²) in [4.78, 5) is 11.3. The number of aromatic nitrogens is 2. The van der Waals surface area contributed by atoms with Gasteiger partial charge in [-0.1, -0.05) is 5.92 Å². The molecule has 0 saturated carbocycles. The zero-order chi connectivity index (χ0) is 15.3. The van der Waals surface area contributed by atoms with E-state index in [9.17, 15) is 18.0 Å². The molecule has 1 atom stereocenters. The van der Waals surface area contributed by atoms with E-state index in [2.05, 4.69) is 16.3 Å². The third-order valence-corrected chi connectivity index (χ3v) is 2.27. The second kappa shape index (κ2) is 6.43. The molecule has 8 heteroatoms. The maximum absolute atomic E-state index is 12.8. The van der Waals surface area contributed by atoms with E-state index >= 15 is 0 Å². The highest BCUT2D eigenvalue weighted by atomic mass is 19.4. The highest BCUT2D eigenvalue weighted by Crippen LogP contribution is 2.31. The fourth-order valence-electron chi connectivity index (χ4n) is 1.40. The van der Waals surface area contributed by atoms with Crippen molar-refractivity contribution >= 4 is 5.69 Å². The van der Waals surface area contributed by atoms with Crippen molar-refractivity contribution in [3.8, 4) is 12.3 Å². The van der Waals surface area contributed by atoms with Crippen LogP contribution >= 0.6 is 0 Å². The first-order chi connectivity index (χ1) is 9.25. The Labute approximate surface area is 113 Å². The summed E-state index contributed by atoms with van der Waals surface area (Å²) in [5, 5.41) is 7.51. The van der Waals surface area contributed by atoms with Crippen molar-refractivity contribution in [2.24, 2.45) is 0 Å². The van der Waals surface area contributed by atoms with Crippen LogP contribution in [0.4, 0.5) is 18.9 Å². The number of H-pyrrole nitrogens is 1. The number of alkyl halides is 3. The zero-order valence-electron chi connectivity index (χ0n) is 10.9. The molecular formula is C12H14F3N3O2. The predicted molar refractivity (Wildman–Crippen MR) is 67.2 cm³/mol. The molecular weight excluding hydrogens is 275 g/mol. The normalized spacial score (nSPS) is 13.1. The molecule has 2 N–H and O–H groups in total. The van der Waals surface area contributed by atoms with Crippen molar-refractivity contribution in [1.82, 2.24) is 10.2 Å². The molecule has 1 aromatic heterocycles. The number of anilines is 1. The lowest BCUT2D eigenvalue weighted by atomic mass is 10.2. The van der Waals surface area contributed by atoms with Crippen LogP contribution in [0.5, 0.6) is 0 Å². The molecule has 1 rings (SSSR count). The number of hydrogen-bond donors (Lipinski definition) is 2. The Balaban J connectivity index is 3.00. The molecule has 0 spiro atoms. The van der Waals surface area contributed by atoms with E-state index in [1.807, 2.05) is 0 Å². The molecule has 0 bridgehead atoms. The first kappa shape index (κ1) is 16.0. The number of terminal acetylenes is 1. The van der Waals surface area contributed by atoms with E-state index in [-0.39, 0.29) is 12.7 Å². The molecule has 1 heterocycles. The maximum Gasteiger partial charge on any atom is 0.423 e. The minimum atomic E-state index is -4.81. The van der Waals surface area contributed by atoms with Crippen molar-refractivity contribution in [2.45, 2.75) is 32.2 Å². The van der Waals surface area contributed by atoms with Crippen LogP contribution in [0.1, 0.15) is 19.4 Å². The summed E-state index contributed by atoms with van der Waals surface area (Å²) in [5.41, 5.74) is -3.17. The van der Waals surface area contributed by atoms with Gasteiger partial charge in [-0.2, -0.15) is 18.3 Å². The number of rotatable bonds is 5. The average molecular weight is 289 g/mol. The summed E-state index contributed by atoms with van der Waals surface area (Å²) >= 11 is 0. The SMILES string of the molecule is C#C[C@@H](COC(C)C)Nc1cn[nH]c(=O)c1C(F)(F)F. The fraction of sp³-hybridized carbons (Fsp3) is 0.500. The third kappa shape index (κ3) is 4.28. The smallest absolute Gasteiger partial charge is 0.376 e. The number of aromatic amines is 1. The van der Waals surface area contributed by atoms with E-state index in [1.54, 1.807) is 18.9 Å². The quantitative estimate of drug-likeness (QED) is 0.808. The predicted octanol–water partition coefficient (Wildman–Crippen LogP) is 1.63. The fourth-order valence-corrected chi connectivity index (χ4v) is 1.40. The second-order valence-electron chi connectivity index (χ2n) is 4.23. The van der Waals surface area contributed by atoms with Crippen molar-refractivity contribution in [3.05, 3.63) is 22.1 Å². The van der Waals surface area contributed by atoms with Crippen LogP contribution in [0.25, 0.3) is 0 Å². The lowest BCUT2D eigenvalue weighted by molar-refractivity contribution is -0.138. The van der Waals surface area contributed by atoms with Gasteiger partial charge in [0.15, 0.2) is 0 Å². The van der Waals surface area contributed by atoms with Crippen molar-refractivity contribution < 1.29 is 17.9 Å². The Kier molecular flexibility index (Phi) is 5.16. The highest BCUT2D eigenvalue weighted by molar-refractivity contribution is 5.51. The molecule has 0 aliphatic carbocycles. The summed E-state index contributed by atoms with van der Waals surface area (Å²) in [7, 11) is 0. The highest BCUT2D eigenvalue weighted by Gasteiger charge is 2.37. The number of ether oxygens (including phenoxy) is 1. The summed E-state index contributed by atoms with van der Waals surface area (Å²) in [6.45, 7) is 3.55. The Morgan fingerprint density at radius 2 is 2.20 bits per heavy atom. The molecule has 0 amide bonds. The molecule has 110 valence electrons. The molecule has 5 nitrogen and oxygen atoms in total. The standard InChI is InChI=1S/C12H14F3N3O2/c1-4-8(6-20-7(2)3)17-9-5-16-18-11(19)10(9)12(13,14)15/h1,5,7-8H,6H2,2-3H3,(H2,17,18,19)/t8-/m0/s1. The molecule has 0 fully saturated rings. The number of nitrogens with zero attached hydrogens (tertiary/aromatic N) is 1. The topological polar surface area (TPSA) is 67.0 Å². The number of hydrogen-bond acceptors (Lipinski definition) is 4. The largest absolute Gasteiger partial charge is 0.423 e. The first-order valence-corrected chi connectivity index (χ1v) is 5.74. The lowest BCUT2D eigenvalue weighted by Crippen LogP contribution is -2.30. The van der Waals surface area contributed by atoms with E-state index in [4.69, 9.17) is 11.2 Å². The van der Waals surface area contributed by atoms with Gasteiger partial charge in [-0.3, -0.25) is 4.79 Å². The molecule has 1 aromatic rings. The number of halogens is 3. The van der Waals surface area contributed by atoms with Gasteiger partial charge in [0.2, 0.25) is 0 Å². The monoisotopic (exact) mass is 289 g/mol. The third-order valence-electron chi connectivity index (χ3n) is 2.27. The van der Waals surface area contributed by atoms with Crippen LogP contribution < -0.4 is 10.9 Å². The summed E-state index contributed by atoms with van der Waals surface area (Å²) in [6.07, 6.45) is 1.16. The van der Waals surface area contributed by atoms with Gasteiger partial charge >= 0.3 is 6.18 Å². The second-order valence-corrected chi connectivity index (χ2v) is 4.23. The van der Waals surface area contributed by atoms with E-state index in [0.29, 0.717) is 0 Å². The first-order valence-electron chi connectivity index (χ1n) is 5.74. The molecule has 0 radical (unpaired) electrons. The average Bonchev–Trinajstić information content (AvgIpc) is 2.32. The molecule has 0 aliphatic rings. The van der Waals surface area contributed by atoms with Crippen LogP contribution in [0.15, 0.2) is 11.0 Å². The summed E-state index contributed by atoms with van der Waals surface area (Å²) in [5.74, 6) is 2.26. The van der Waals surface area contributed by atoms with Crippen LogP contribution in [-0.4, -0.2) is 29.0 Å². The van der Waals surface area contributed by atoms with Gasteiger partial charge in [-0.15, -0.1) is 6.42 Å². The van der Waals surface area contributed by atoms with Gasteiger partial charge in [-0.25, -0.2) is 5.10 Å². The summed E-state index contributed by atoms with van der Waals surface area (Å²) < 4.78 is 43.7. The Bertz CT molecular complexity index is 546. The van der Waals surface area contributed by atoms with Gasteiger partial charge in [0.25, 0.3) is 5.56 Å². The van der Waals surface area contributed by atoms with Crippen LogP contribution in [0.3, 0.4) is 0 Å². The minimum Gasteiger partial charge on any atom is -0.376 e. The van der Waals surface area contributed by atoms with Gasteiger partial charge in [0, 0.05) is 0 Å².